The Morgan fingerprint density at radius 2 is 2.00 bits per heavy atom. The zero-order valence-corrected chi connectivity index (χ0v) is 11.1. The number of fused-ring (bicyclic) bond motifs is 1. The number of amides is 1. The standard InChI is InChI=1S/C14H19N3O2/c1-17-12-5-3-2-4-11(12)13(18)16-14(17)19-10-6-8-15-9-7-10/h2-5,10,14-15H,6-9H2,1H3,(H,16,18). The average molecular weight is 261 g/mol. The maximum Gasteiger partial charge on any atom is 0.256 e. The number of nitrogens with zero attached hydrogens (tertiary/aromatic N) is 1. The number of hydrogen-bond acceptors (Lipinski definition) is 4. The van der Waals surface area contributed by atoms with E-state index < -0.39 is 0 Å². The lowest BCUT2D eigenvalue weighted by atomic mass is 10.1. The van der Waals surface area contributed by atoms with Crippen LogP contribution in [0.25, 0.3) is 0 Å². The fourth-order valence-corrected chi connectivity index (χ4v) is 2.63. The molecule has 2 N–H and O–H groups in total. The van der Waals surface area contributed by atoms with Crippen LogP contribution in [0, 0.1) is 0 Å². The number of benzene rings is 1. The van der Waals surface area contributed by atoms with Crippen LogP contribution in [-0.2, 0) is 4.74 Å². The van der Waals surface area contributed by atoms with Crippen LogP contribution in [0.15, 0.2) is 24.3 Å². The molecule has 0 saturated carbocycles. The molecule has 1 amide bonds. The van der Waals surface area contributed by atoms with Gasteiger partial charge >= 0.3 is 0 Å². The Morgan fingerprint density at radius 3 is 2.79 bits per heavy atom. The van der Waals surface area contributed by atoms with E-state index in [1.165, 1.54) is 0 Å². The number of ether oxygens (including phenoxy) is 1. The molecular formula is C14H19N3O2. The summed E-state index contributed by atoms with van der Waals surface area (Å²) in [6.45, 7) is 1.96. The Bertz CT molecular complexity index is 472. The second-order valence-electron chi connectivity index (χ2n) is 5.04. The van der Waals surface area contributed by atoms with Crippen LogP contribution in [0.2, 0.25) is 0 Å². The SMILES string of the molecule is CN1c2ccccc2C(=O)NC1OC1CCNCC1. The highest BCUT2D eigenvalue weighted by atomic mass is 16.5. The van der Waals surface area contributed by atoms with E-state index in [4.69, 9.17) is 4.74 Å². The van der Waals surface area contributed by atoms with Gasteiger partial charge in [0.25, 0.3) is 5.91 Å². The normalized spacial score (nSPS) is 23.9. The first-order valence-electron chi connectivity index (χ1n) is 6.74. The lowest BCUT2D eigenvalue weighted by Crippen LogP contribution is -2.54. The molecule has 5 heteroatoms. The summed E-state index contributed by atoms with van der Waals surface area (Å²) in [6, 6.07) is 7.60. The predicted molar refractivity (Wildman–Crippen MR) is 73.1 cm³/mol. The maximum absolute atomic E-state index is 12.1. The Labute approximate surface area is 112 Å². The summed E-state index contributed by atoms with van der Waals surface area (Å²) in [6.07, 6.45) is 1.81. The second-order valence-corrected chi connectivity index (χ2v) is 5.04. The molecule has 0 aliphatic carbocycles. The molecule has 1 unspecified atom stereocenters. The lowest BCUT2D eigenvalue weighted by Gasteiger charge is -2.38. The van der Waals surface area contributed by atoms with Gasteiger partial charge in [-0.1, -0.05) is 12.1 Å². The average Bonchev–Trinajstić information content (AvgIpc) is 2.46. The van der Waals surface area contributed by atoms with Crippen molar-refractivity contribution in [2.45, 2.75) is 25.3 Å². The van der Waals surface area contributed by atoms with Crippen LogP contribution in [0.1, 0.15) is 23.2 Å². The highest BCUT2D eigenvalue weighted by Crippen LogP contribution is 2.26. The molecule has 1 atom stereocenters. The van der Waals surface area contributed by atoms with Gasteiger partial charge in [0.2, 0.25) is 6.35 Å². The van der Waals surface area contributed by atoms with Crippen LogP contribution < -0.4 is 15.5 Å². The first-order chi connectivity index (χ1) is 9.25. The minimum atomic E-state index is -0.370. The predicted octanol–water partition coefficient (Wildman–Crippen LogP) is 0.918. The molecule has 0 radical (unpaired) electrons. The third-order valence-corrected chi connectivity index (χ3v) is 3.74. The Morgan fingerprint density at radius 1 is 1.26 bits per heavy atom. The molecule has 1 saturated heterocycles. The van der Waals surface area contributed by atoms with Crippen molar-refractivity contribution in [3.8, 4) is 0 Å². The van der Waals surface area contributed by atoms with Gasteiger partial charge in [0.15, 0.2) is 0 Å². The van der Waals surface area contributed by atoms with E-state index in [-0.39, 0.29) is 18.4 Å². The first kappa shape index (κ1) is 12.4. The maximum atomic E-state index is 12.1. The van der Waals surface area contributed by atoms with E-state index in [2.05, 4.69) is 10.6 Å². The van der Waals surface area contributed by atoms with Crippen molar-refractivity contribution in [1.29, 1.82) is 0 Å². The van der Waals surface area contributed by atoms with Gasteiger partial charge in [0.1, 0.15) is 0 Å². The third kappa shape index (κ3) is 2.43. The molecule has 2 heterocycles. The quantitative estimate of drug-likeness (QED) is 0.831. The van der Waals surface area contributed by atoms with E-state index in [9.17, 15) is 4.79 Å². The zero-order valence-electron chi connectivity index (χ0n) is 11.1. The van der Waals surface area contributed by atoms with E-state index in [0.717, 1.165) is 31.6 Å². The highest BCUT2D eigenvalue weighted by molar-refractivity contribution is 6.01. The van der Waals surface area contributed by atoms with Crippen LogP contribution in [0.5, 0.6) is 0 Å². The smallest absolute Gasteiger partial charge is 0.256 e. The first-order valence-corrected chi connectivity index (χ1v) is 6.74. The van der Waals surface area contributed by atoms with Gasteiger partial charge < -0.3 is 20.3 Å². The molecule has 3 rings (SSSR count). The van der Waals surface area contributed by atoms with Gasteiger partial charge in [-0.2, -0.15) is 0 Å². The summed E-state index contributed by atoms with van der Waals surface area (Å²) in [5.41, 5.74) is 1.63. The van der Waals surface area contributed by atoms with Gasteiger partial charge in [-0.15, -0.1) is 0 Å². The Kier molecular flexibility index (Phi) is 3.40. The van der Waals surface area contributed by atoms with E-state index in [1.54, 1.807) is 0 Å². The van der Waals surface area contributed by atoms with Crippen molar-refractivity contribution in [3.05, 3.63) is 29.8 Å². The number of anilines is 1. The summed E-state index contributed by atoms with van der Waals surface area (Å²) in [4.78, 5) is 14.0. The summed E-state index contributed by atoms with van der Waals surface area (Å²) >= 11 is 0. The van der Waals surface area contributed by atoms with Crippen LogP contribution >= 0.6 is 0 Å². The van der Waals surface area contributed by atoms with Crippen LogP contribution in [-0.4, -0.2) is 38.5 Å². The topological polar surface area (TPSA) is 53.6 Å². The fourth-order valence-electron chi connectivity index (χ4n) is 2.63. The van der Waals surface area contributed by atoms with Crippen molar-refractivity contribution in [3.63, 3.8) is 0 Å². The van der Waals surface area contributed by atoms with Crippen molar-refractivity contribution in [1.82, 2.24) is 10.6 Å². The molecule has 2 aliphatic rings. The van der Waals surface area contributed by atoms with Crippen molar-refractivity contribution in [2.75, 3.05) is 25.0 Å². The highest BCUT2D eigenvalue weighted by Gasteiger charge is 2.30. The minimum Gasteiger partial charge on any atom is -0.337 e. The number of piperidine rings is 1. The van der Waals surface area contributed by atoms with Crippen LogP contribution in [0.3, 0.4) is 0 Å². The largest absolute Gasteiger partial charge is 0.337 e. The van der Waals surface area contributed by atoms with Gasteiger partial charge in [-0.05, 0) is 38.1 Å². The summed E-state index contributed by atoms with van der Waals surface area (Å²) in [5.74, 6) is -0.0624. The van der Waals surface area contributed by atoms with E-state index in [0.29, 0.717) is 5.56 Å². The third-order valence-electron chi connectivity index (χ3n) is 3.74. The molecule has 1 fully saturated rings. The molecule has 5 nitrogen and oxygen atoms in total. The number of carbonyl (C=O) groups excluding carboxylic acids is 1. The molecule has 0 aromatic heterocycles. The van der Waals surface area contributed by atoms with Crippen molar-refractivity contribution >= 4 is 11.6 Å². The molecule has 0 spiro atoms. The number of hydrogen-bond donors (Lipinski definition) is 2. The fraction of sp³-hybridized carbons (Fsp3) is 0.500. The molecule has 1 aromatic rings. The van der Waals surface area contributed by atoms with E-state index >= 15 is 0 Å². The van der Waals surface area contributed by atoms with Crippen LogP contribution in [0.4, 0.5) is 5.69 Å². The second kappa shape index (κ2) is 5.19. The van der Waals surface area contributed by atoms with Gasteiger partial charge in [-0.25, -0.2) is 0 Å². The molecule has 102 valence electrons. The number of carbonyl (C=O) groups is 1. The monoisotopic (exact) mass is 261 g/mol. The number of para-hydroxylation sites is 1. The molecule has 0 bridgehead atoms. The van der Waals surface area contributed by atoms with Crippen molar-refractivity contribution < 1.29 is 9.53 Å². The lowest BCUT2D eigenvalue weighted by molar-refractivity contribution is -0.0395. The summed E-state index contributed by atoms with van der Waals surface area (Å²) in [7, 11) is 1.95. The Balaban J connectivity index is 1.76. The van der Waals surface area contributed by atoms with Crippen molar-refractivity contribution in [2.24, 2.45) is 0 Å². The molecule has 1 aromatic carbocycles. The zero-order chi connectivity index (χ0) is 13.2. The minimum absolute atomic E-state index is 0.0624. The van der Waals surface area contributed by atoms with Gasteiger partial charge in [0.05, 0.1) is 17.4 Å². The number of rotatable bonds is 2. The molecule has 19 heavy (non-hydrogen) atoms. The van der Waals surface area contributed by atoms with Gasteiger partial charge in [-0.3, -0.25) is 4.79 Å². The summed E-state index contributed by atoms with van der Waals surface area (Å²) in [5, 5.41) is 6.22. The van der Waals surface area contributed by atoms with E-state index in [1.807, 2.05) is 36.2 Å². The molecule has 2 aliphatic heterocycles. The number of nitrogens with one attached hydrogen (secondary N) is 2. The summed E-state index contributed by atoms with van der Waals surface area (Å²) < 4.78 is 6.03. The van der Waals surface area contributed by atoms with Gasteiger partial charge in [0, 0.05) is 7.05 Å². The molecular weight excluding hydrogens is 242 g/mol. The Hall–Kier alpha value is -1.59.